The maximum Gasteiger partial charge on any atom is 0.263 e. The lowest BCUT2D eigenvalue weighted by atomic mass is 10.1. The van der Waals surface area contributed by atoms with Gasteiger partial charge in [-0.1, -0.05) is 39.4 Å². The van der Waals surface area contributed by atoms with Crippen LogP contribution in [0.15, 0.2) is 46.9 Å². The Bertz CT molecular complexity index is 923. The van der Waals surface area contributed by atoms with Gasteiger partial charge in [-0.25, -0.2) is 9.37 Å². The quantitative estimate of drug-likeness (QED) is 0.578. The van der Waals surface area contributed by atoms with Gasteiger partial charge in [0.05, 0.1) is 28.4 Å². The molecule has 1 aliphatic heterocycles. The number of carbonyl (C=O) groups excluding carboxylic acids is 1. The SMILES string of the molecule is O=C(c1cc(Br)ccc1F)N(C[C@@H]1CCCO1)c1nc2ccccc2s1. The van der Waals surface area contributed by atoms with E-state index in [1.807, 2.05) is 24.3 Å². The molecule has 1 saturated heterocycles. The van der Waals surface area contributed by atoms with Crippen LogP contribution in [0, 0.1) is 5.82 Å². The molecule has 0 bridgehead atoms. The molecule has 0 aliphatic carbocycles. The summed E-state index contributed by atoms with van der Waals surface area (Å²) in [6.45, 7) is 1.06. The van der Waals surface area contributed by atoms with Crippen LogP contribution in [0.1, 0.15) is 23.2 Å². The first kappa shape index (κ1) is 17.6. The van der Waals surface area contributed by atoms with Crippen LogP contribution < -0.4 is 4.90 Å². The van der Waals surface area contributed by atoms with Crippen molar-refractivity contribution in [1.29, 1.82) is 0 Å². The molecule has 2 heterocycles. The summed E-state index contributed by atoms with van der Waals surface area (Å²) in [6.07, 6.45) is 1.80. The normalized spacial score (nSPS) is 16.9. The summed E-state index contributed by atoms with van der Waals surface area (Å²) in [5, 5.41) is 0.561. The predicted octanol–water partition coefficient (Wildman–Crippen LogP) is 5.02. The molecule has 4 nitrogen and oxygen atoms in total. The number of benzene rings is 2. The molecule has 0 N–H and O–H groups in total. The van der Waals surface area contributed by atoms with Crippen molar-refractivity contribution in [3.05, 3.63) is 58.3 Å². The second kappa shape index (κ2) is 7.42. The Hall–Kier alpha value is -1.83. The Morgan fingerprint density at radius 1 is 1.35 bits per heavy atom. The molecule has 0 unspecified atom stereocenters. The lowest BCUT2D eigenvalue weighted by Gasteiger charge is -2.23. The Labute approximate surface area is 162 Å². The predicted molar refractivity (Wildman–Crippen MR) is 104 cm³/mol. The molecule has 7 heteroatoms. The molecule has 134 valence electrons. The van der Waals surface area contributed by atoms with Crippen molar-refractivity contribution in [2.75, 3.05) is 18.1 Å². The van der Waals surface area contributed by atoms with Crippen molar-refractivity contribution in [3.8, 4) is 0 Å². The minimum Gasteiger partial charge on any atom is -0.376 e. The van der Waals surface area contributed by atoms with Gasteiger partial charge < -0.3 is 4.74 Å². The van der Waals surface area contributed by atoms with Gasteiger partial charge in [-0.15, -0.1) is 0 Å². The summed E-state index contributed by atoms with van der Waals surface area (Å²) in [5.41, 5.74) is 0.851. The van der Waals surface area contributed by atoms with Crippen molar-refractivity contribution in [1.82, 2.24) is 4.98 Å². The summed E-state index contributed by atoms with van der Waals surface area (Å²) in [4.78, 5) is 19.3. The Balaban J connectivity index is 1.74. The Kier molecular flexibility index (Phi) is 5.02. The molecule has 0 spiro atoms. The molecule has 4 rings (SSSR count). The highest BCUT2D eigenvalue weighted by atomic mass is 79.9. The molecule has 1 fully saturated rings. The summed E-state index contributed by atoms with van der Waals surface area (Å²) in [5.74, 6) is -0.949. The fraction of sp³-hybridized carbons (Fsp3) is 0.263. The van der Waals surface area contributed by atoms with E-state index in [0.29, 0.717) is 22.8 Å². The zero-order chi connectivity index (χ0) is 18.1. The molecule has 1 aromatic heterocycles. The smallest absolute Gasteiger partial charge is 0.263 e. The van der Waals surface area contributed by atoms with E-state index in [0.717, 1.165) is 23.1 Å². The standard InChI is InChI=1S/C19H16BrFN2O2S/c20-12-7-8-15(21)14(10-12)18(24)23(11-13-4-3-9-25-13)19-22-16-5-1-2-6-17(16)26-19/h1-2,5-8,10,13H,3-4,9,11H2/t13-/m0/s1. The van der Waals surface area contributed by atoms with Crippen LogP contribution >= 0.6 is 27.3 Å². The zero-order valence-corrected chi connectivity index (χ0v) is 16.2. The van der Waals surface area contributed by atoms with Crippen LogP contribution in [0.2, 0.25) is 0 Å². The highest BCUT2D eigenvalue weighted by molar-refractivity contribution is 9.10. The van der Waals surface area contributed by atoms with Crippen LogP contribution in [-0.4, -0.2) is 30.1 Å². The fourth-order valence-electron chi connectivity index (χ4n) is 3.02. The summed E-state index contributed by atoms with van der Waals surface area (Å²) < 4.78 is 21.6. The van der Waals surface area contributed by atoms with E-state index in [1.165, 1.54) is 23.5 Å². The van der Waals surface area contributed by atoms with Crippen molar-refractivity contribution in [2.24, 2.45) is 0 Å². The molecular weight excluding hydrogens is 419 g/mol. The average Bonchev–Trinajstić information content (AvgIpc) is 3.30. The number of fused-ring (bicyclic) bond motifs is 1. The third kappa shape index (κ3) is 3.51. The minimum atomic E-state index is -0.545. The lowest BCUT2D eigenvalue weighted by molar-refractivity contribution is 0.0914. The molecule has 3 aromatic rings. The highest BCUT2D eigenvalue weighted by Crippen LogP contribution is 2.31. The van der Waals surface area contributed by atoms with Gasteiger partial charge in [0, 0.05) is 11.1 Å². The van der Waals surface area contributed by atoms with Crippen molar-refractivity contribution in [3.63, 3.8) is 0 Å². The minimum absolute atomic E-state index is 0.0247. The first-order valence-electron chi connectivity index (χ1n) is 8.36. The number of halogens is 2. The summed E-state index contributed by atoms with van der Waals surface area (Å²) >= 11 is 4.74. The maximum atomic E-state index is 14.3. The van der Waals surface area contributed by atoms with Crippen LogP contribution in [0.3, 0.4) is 0 Å². The number of hydrogen-bond acceptors (Lipinski definition) is 4. The van der Waals surface area contributed by atoms with Crippen molar-refractivity contribution in [2.45, 2.75) is 18.9 Å². The molecule has 26 heavy (non-hydrogen) atoms. The fourth-order valence-corrected chi connectivity index (χ4v) is 4.36. The first-order valence-corrected chi connectivity index (χ1v) is 9.97. The number of para-hydroxylation sites is 1. The third-order valence-corrected chi connectivity index (χ3v) is 5.88. The van der Waals surface area contributed by atoms with Gasteiger partial charge in [-0.3, -0.25) is 9.69 Å². The molecule has 1 atom stereocenters. The van der Waals surface area contributed by atoms with Gasteiger partial charge in [-0.2, -0.15) is 0 Å². The van der Waals surface area contributed by atoms with E-state index in [9.17, 15) is 9.18 Å². The highest BCUT2D eigenvalue weighted by Gasteiger charge is 2.28. The van der Waals surface area contributed by atoms with Crippen LogP contribution in [0.25, 0.3) is 10.2 Å². The van der Waals surface area contributed by atoms with Crippen LogP contribution in [-0.2, 0) is 4.74 Å². The van der Waals surface area contributed by atoms with Crippen LogP contribution in [0.5, 0.6) is 0 Å². The Morgan fingerprint density at radius 2 is 2.19 bits per heavy atom. The number of aromatic nitrogens is 1. The maximum absolute atomic E-state index is 14.3. The molecular formula is C19H16BrFN2O2S. The number of ether oxygens (including phenoxy) is 1. The topological polar surface area (TPSA) is 42.4 Å². The largest absolute Gasteiger partial charge is 0.376 e. The van der Waals surface area contributed by atoms with Crippen molar-refractivity contribution >= 4 is 48.5 Å². The number of anilines is 1. The molecule has 1 amide bonds. The van der Waals surface area contributed by atoms with Gasteiger partial charge in [0.15, 0.2) is 5.13 Å². The number of hydrogen-bond donors (Lipinski definition) is 0. The Morgan fingerprint density at radius 3 is 2.96 bits per heavy atom. The second-order valence-corrected chi connectivity index (χ2v) is 8.06. The van der Waals surface area contributed by atoms with E-state index >= 15 is 0 Å². The summed E-state index contributed by atoms with van der Waals surface area (Å²) in [7, 11) is 0. The molecule has 0 radical (unpaired) electrons. The van der Waals surface area contributed by atoms with Gasteiger partial charge >= 0.3 is 0 Å². The van der Waals surface area contributed by atoms with Gasteiger partial charge in [0.2, 0.25) is 0 Å². The van der Waals surface area contributed by atoms with Gasteiger partial charge in [0.1, 0.15) is 5.82 Å². The second-order valence-electron chi connectivity index (χ2n) is 6.14. The van der Waals surface area contributed by atoms with E-state index in [4.69, 9.17) is 4.74 Å². The van der Waals surface area contributed by atoms with E-state index in [2.05, 4.69) is 20.9 Å². The monoisotopic (exact) mass is 434 g/mol. The van der Waals surface area contributed by atoms with E-state index < -0.39 is 11.7 Å². The first-order chi connectivity index (χ1) is 12.6. The molecule has 0 saturated carbocycles. The number of thiazole rings is 1. The number of amides is 1. The number of rotatable bonds is 4. The zero-order valence-electron chi connectivity index (χ0n) is 13.8. The van der Waals surface area contributed by atoms with Crippen molar-refractivity contribution < 1.29 is 13.9 Å². The van der Waals surface area contributed by atoms with E-state index in [-0.39, 0.29) is 11.7 Å². The summed E-state index contributed by atoms with van der Waals surface area (Å²) in [6, 6.07) is 12.1. The third-order valence-electron chi connectivity index (χ3n) is 4.33. The number of carbonyl (C=O) groups is 1. The number of nitrogens with zero attached hydrogens (tertiary/aromatic N) is 2. The molecule has 2 aromatic carbocycles. The van der Waals surface area contributed by atoms with Gasteiger partial charge in [-0.05, 0) is 43.2 Å². The van der Waals surface area contributed by atoms with E-state index in [1.54, 1.807) is 11.0 Å². The average molecular weight is 435 g/mol. The van der Waals surface area contributed by atoms with Crippen LogP contribution in [0.4, 0.5) is 9.52 Å². The van der Waals surface area contributed by atoms with Gasteiger partial charge in [0.25, 0.3) is 5.91 Å². The lowest BCUT2D eigenvalue weighted by Crippen LogP contribution is -2.38. The molecule has 1 aliphatic rings.